The number of nitrogens with zero attached hydrogens (tertiary/aromatic N) is 4. The number of carbonyl (C=O) groups excluding carboxylic acids is 2. The minimum atomic E-state index is -0.649. The topological polar surface area (TPSA) is 126 Å². The highest BCUT2D eigenvalue weighted by molar-refractivity contribution is 7.15. The maximum absolute atomic E-state index is 12.8. The van der Waals surface area contributed by atoms with Crippen molar-refractivity contribution in [3.8, 4) is 11.3 Å². The molecule has 10 nitrogen and oxygen atoms in total. The standard InChI is InChI=1S/C20H19N5O5S/c1-11-10-31-20-22-17(27)15(23-25(11)20)12-5-3-4-6-14(12)21-16-13(19(29)30-2)9-24(7-8-26)18(16)28/h3-6,10,21,26H,7-9H2,1-2H3. The number of carbonyl (C=O) groups is 2. The third-order valence-corrected chi connectivity index (χ3v) is 5.78. The Labute approximate surface area is 180 Å². The number of β-amino-alcohol motifs (C(OH)–C–C–N with tert-alkyl or cyclic N) is 1. The maximum Gasteiger partial charge on any atom is 0.337 e. The summed E-state index contributed by atoms with van der Waals surface area (Å²) in [4.78, 5) is 43.6. The van der Waals surface area contributed by atoms with Crippen molar-refractivity contribution >= 4 is 33.9 Å². The average Bonchev–Trinajstić information content (AvgIpc) is 3.28. The highest BCUT2D eigenvalue weighted by Gasteiger charge is 2.34. The second-order valence-corrected chi connectivity index (χ2v) is 7.64. The number of aliphatic hydroxyl groups is 1. The summed E-state index contributed by atoms with van der Waals surface area (Å²) in [5.41, 5.74) is 1.47. The number of thiazole rings is 1. The Morgan fingerprint density at radius 1 is 1.32 bits per heavy atom. The molecule has 160 valence electrons. The van der Waals surface area contributed by atoms with Gasteiger partial charge in [0.15, 0.2) is 5.69 Å². The summed E-state index contributed by atoms with van der Waals surface area (Å²) in [5.74, 6) is -1.10. The van der Waals surface area contributed by atoms with Crippen molar-refractivity contribution in [3.05, 3.63) is 57.0 Å². The Bertz CT molecular complexity index is 1280. The highest BCUT2D eigenvalue weighted by atomic mass is 32.1. The molecule has 2 N–H and O–H groups in total. The molecule has 1 aliphatic rings. The Kier molecular flexibility index (Phi) is 5.53. The molecule has 1 amide bonds. The Hall–Kier alpha value is -3.57. The van der Waals surface area contributed by atoms with Gasteiger partial charge < -0.3 is 20.1 Å². The number of para-hydroxylation sites is 1. The number of rotatable bonds is 6. The molecule has 0 saturated heterocycles. The summed E-state index contributed by atoms with van der Waals surface area (Å²) < 4.78 is 6.40. The first kappa shape index (κ1) is 20.7. The van der Waals surface area contributed by atoms with Gasteiger partial charge in [-0.25, -0.2) is 9.31 Å². The first-order chi connectivity index (χ1) is 14.9. The van der Waals surface area contributed by atoms with Gasteiger partial charge in [-0.1, -0.05) is 18.2 Å². The number of nitrogens with one attached hydrogen (secondary N) is 1. The van der Waals surface area contributed by atoms with Gasteiger partial charge in [-0.2, -0.15) is 10.1 Å². The fraction of sp³-hybridized carbons (Fsp3) is 0.250. The Morgan fingerprint density at radius 3 is 2.84 bits per heavy atom. The number of aliphatic hydroxyl groups excluding tert-OH is 1. The molecule has 0 fully saturated rings. The molecule has 0 atom stereocenters. The third-order valence-electron chi connectivity index (χ3n) is 4.85. The minimum absolute atomic E-state index is 0.0130. The third kappa shape index (κ3) is 3.68. The summed E-state index contributed by atoms with van der Waals surface area (Å²) >= 11 is 1.32. The zero-order valence-corrected chi connectivity index (χ0v) is 17.6. The molecule has 0 radical (unpaired) electrons. The largest absolute Gasteiger partial charge is 0.466 e. The molecule has 1 aromatic carbocycles. The molecule has 0 saturated carbocycles. The predicted octanol–water partition coefficient (Wildman–Crippen LogP) is 0.800. The summed E-state index contributed by atoms with van der Waals surface area (Å²) in [6.45, 7) is 1.71. The number of hydrogen-bond acceptors (Lipinski definition) is 9. The van der Waals surface area contributed by atoms with E-state index in [0.717, 1.165) is 5.69 Å². The molecule has 0 unspecified atom stereocenters. The number of methoxy groups -OCH3 is 1. The van der Waals surface area contributed by atoms with Crippen molar-refractivity contribution < 1.29 is 19.4 Å². The second kappa shape index (κ2) is 8.28. The van der Waals surface area contributed by atoms with Crippen LogP contribution >= 0.6 is 11.3 Å². The lowest BCUT2D eigenvalue weighted by Gasteiger charge is -2.16. The molecule has 11 heteroatoms. The van der Waals surface area contributed by atoms with Crippen molar-refractivity contribution in [2.75, 3.05) is 32.1 Å². The van der Waals surface area contributed by atoms with Gasteiger partial charge in [0.2, 0.25) is 4.96 Å². The summed E-state index contributed by atoms with van der Waals surface area (Å²) in [5, 5.41) is 18.5. The Balaban J connectivity index is 1.80. The van der Waals surface area contributed by atoms with Gasteiger partial charge in [-0.15, -0.1) is 11.3 Å². The van der Waals surface area contributed by atoms with Crippen LogP contribution in [-0.4, -0.2) is 63.3 Å². The molecule has 3 heterocycles. The normalized spacial score (nSPS) is 13.9. The average molecular weight is 441 g/mol. The number of amides is 1. The molecule has 0 bridgehead atoms. The maximum atomic E-state index is 12.8. The SMILES string of the molecule is COC(=O)C1=C(Nc2ccccc2-c2nn3c(C)csc3nc2=O)C(=O)N(CCO)C1. The fourth-order valence-corrected chi connectivity index (χ4v) is 4.11. The van der Waals surface area contributed by atoms with E-state index in [1.807, 2.05) is 12.3 Å². The van der Waals surface area contributed by atoms with E-state index >= 15 is 0 Å². The van der Waals surface area contributed by atoms with Gasteiger partial charge in [0.05, 0.1) is 31.5 Å². The molecule has 0 spiro atoms. The van der Waals surface area contributed by atoms with E-state index in [4.69, 9.17) is 4.74 Å². The number of ether oxygens (including phenoxy) is 1. The molecule has 0 aliphatic carbocycles. The highest BCUT2D eigenvalue weighted by Crippen LogP contribution is 2.29. The van der Waals surface area contributed by atoms with Gasteiger partial charge >= 0.3 is 11.5 Å². The van der Waals surface area contributed by atoms with Crippen molar-refractivity contribution in [1.82, 2.24) is 19.5 Å². The molecule has 4 rings (SSSR count). The van der Waals surface area contributed by atoms with Crippen LogP contribution in [0.5, 0.6) is 0 Å². The number of aryl methyl sites for hydroxylation is 1. The van der Waals surface area contributed by atoms with Crippen LogP contribution in [0.2, 0.25) is 0 Å². The quantitative estimate of drug-likeness (QED) is 0.538. The van der Waals surface area contributed by atoms with E-state index in [2.05, 4.69) is 15.4 Å². The zero-order valence-electron chi connectivity index (χ0n) is 16.8. The van der Waals surface area contributed by atoms with Crippen LogP contribution in [-0.2, 0) is 14.3 Å². The first-order valence-corrected chi connectivity index (χ1v) is 10.3. The second-order valence-electron chi connectivity index (χ2n) is 6.80. The van der Waals surface area contributed by atoms with Crippen molar-refractivity contribution in [3.63, 3.8) is 0 Å². The Morgan fingerprint density at radius 2 is 2.10 bits per heavy atom. The van der Waals surface area contributed by atoms with Gasteiger partial charge in [0.1, 0.15) is 5.70 Å². The van der Waals surface area contributed by atoms with Crippen LogP contribution in [0.25, 0.3) is 16.2 Å². The lowest BCUT2D eigenvalue weighted by Crippen LogP contribution is -2.31. The van der Waals surface area contributed by atoms with Crippen LogP contribution in [0.15, 0.2) is 45.7 Å². The smallest absolute Gasteiger partial charge is 0.337 e. The number of aromatic nitrogens is 3. The minimum Gasteiger partial charge on any atom is -0.466 e. The molecule has 3 aromatic rings. The lowest BCUT2D eigenvalue weighted by molar-refractivity contribution is -0.136. The summed E-state index contributed by atoms with van der Waals surface area (Å²) in [7, 11) is 1.23. The fourth-order valence-electron chi connectivity index (χ4n) is 3.32. The molecular weight excluding hydrogens is 422 g/mol. The van der Waals surface area contributed by atoms with Crippen molar-refractivity contribution in [2.24, 2.45) is 0 Å². The summed E-state index contributed by atoms with van der Waals surface area (Å²) in [6, 6.07) is 6.83. The van der Waals surface area contributed by atoms with Crippen LogP contribution in [0, 0.1) is 6.92 Å². The van der Waals surface area contributed by atoms with Crippen LogP contribution in [0.3, 0.4) is 0 Å². The van der Waals surface area contributed by atoms with Crippen molar-refractivity contribution in [1.29, 1.82) is 0 Å². The zero-order chi connectivity index (χ0) is 22.1. The molecular formula is C20H19N5O5S. The molecule has 31 heavy (non-hydrogen) atoms. The monoisotopic (exact) mass is 441 g/mol. The van der Waals surface area contributed by atoms with E-state index in [-0.39, 0.29) is 36.7 Å². The van der Waals surface area contributed by atoms with E-state index in [1.165, 1.54) is 23.3 Å². The van der Waals surface area contributed by atoms with E-state index < -0.39 is 17.4 Å². The van der Waals surface area contributed by atoms with Crippen LogP contribution < -0.4 is 10.9 Å². The number of esters is 1. The van der Waals surface area contributed by atoms with Gasteiger partial charge in [-0.05, 0) is 13.0 Å². The van der Waals surface area contributed by atoms with Gasteiger partial charge in [0, 0.05) is 23.2 Å². The molecule has 2 aromatic heterocycles. The van der Waals surface area contributed by atoms with Crippen molar-refractivity contribution in [2.45, 2.75) is 6.92 Å². The number of anilines is 1. The summed E-state index contributed by atoms with van der Waals surface area (Å²) in [6.07, 6.45) is 0. The van der Waals surface area contributed by atoms with Crippen LogP contribution in [0.1, 0.15) is 5.69 Å². The number of hydrogen-bond donors (Lipinski definition) is 2. The van der Waals surface area contributed by atoms with E-state index in [0.29, 0.717) is 16.2 Å². The molecule has 1 aliphatic heterocycles. The number of fused-ring (bicyclic) bond motifs is 1. The first-order valence-electron chi connectivity index (χ1n) is 9.37. The number of benzene rings is 1. The van der Waals surface area contributed by atoms with Gasteiger partial charge in [0.25, 0.3) is 5.91 Å². The van der Waals surface area contributed by atoms with E-state index in [1.54, 1.807) is 28.8 Å². The predicted molar refractivity (Wildman–Crippen MR) is 114 cm³/mol. The van der Waals surface area contributed by atoms with Crippen LogP contribution in [0.4, 0.5) is 5.69 Å². The van der Waals surface area contributed by atoms with Gasteiger partial charge in [-0.3, -0.25) is 9.59 Å². The lowest BCUT2D eigenvalue weighted by atomic mass is 10.1. The van der Waals surface area contributed by atoms with E-state index in [9.17, 15) is 19.5 Å².